The van der Waals surface area contributed by atoms with E-state index in [0.717, 1.165) is 12.1 Å². The van der Waals surface area contributed by atoms with Crippen LogP contribution < -0.4 is 0 Å². The lowest BCUT2D eigenvalue weighted by Crippen LogP contribution is -2.03. The summed E-state index contributed by atoms with van der Waals surface area (Å²) in [6, 6.07) is 7.45. The lowest BCUT2D eigenvalue weighted by atomic mass is 10.2. The van der Waals surface area contributed by atoms with Crippen LogP contribution in [-0.4, -0.2) is 30.4 Å². The number of benzene rings is 1. The number of aliphatic carboxylic acids is 1. The molecule has 1 aromatic heterocycles. The molecule has 2 rings (SSSR count). The largest absolute Gasteiger partial charge is 0.502 e. The Morgan fingerprint density at radius 3 is 2.22 bits per heavy atom. The predicted molar refractivity (Wildman–Crippen MR) is 78.3 cm³/mol. The monoisotopic (exact) mass is 356 g/mol. The number of ketones is 1. The van der Waals surface area contributed by atoms with Crippen LogP contribution in [0.15, 0.2) is 62.6 Å². The van der Waals surface area contributed by atoms with Gasteiger partial charge in [0.05, 0.1) is 4.90 Å². The van der Waals surface area contributed by atoms with Crippen LogP contribution in [0.2, 0.25) is 5.02 Å². The van der Waals surface area contributed by atoms with Gasteiger partial charge in [-0.2, -0.15) is 0 Å². The summed E-state index contributed by atoms with van der Waals surface area (Å²) in [7, 11) is -3.99. The minimum absolute atomic E-state index is 0.0841. The maximum Gasteiger partial charge on any atom is 0.371 e. The van der Waals surface area contributed by atoms with Crippen molar-refractivity contribution < 1.29 is 32.6 Å². The van der Waals surface area contributed by atoms with E-state index in [4.69, 9.17) is 26.2 Å². The Labute approximate surface area is 135 Å². The second-order valence-electron chi connectivity index (χ2n) is 4.28. The van der Waals surface area contributed by atoms with Crippen molar-refractivity contribution in [3.63, 3.8) is 0 Å². The van der Waals surface area contributed by atoms with E-state index in [1.807, 2.05) is 0 Å². The van der Waals surface area contributed by atoms with Gasteiger partial charge in [0.15, 0.2) is 5.76 Å². The highest BCUT2D eigenvalue weighted by atomic mass is 35.5. The molecule has 120 valence electrons. The summed E-state index contributed by atoms with van der Waals surface area (Å²) in [5, 5.41) is 17.3. The molecular weight excluding hydrogens is 348 g/mol. The molecule has 0 saturated heterocycles. The van der Waals surface area contributed by atoms with Crippen LogP contribution in [0, 0.1) is 0 Å². The highest BCUT2D eigenvalue weighted by molar-refractivity contribution is 7.91. The van der Waals surface area contributed by atoms with Crippen LogP contribution in [0.4, 0.5) is 0 Å². The van der Waals surface area contributed by atoms with E-state index in [1.54, 1.807) is 0 Å². The molecule has 0 atom stereocenters. The number of carbonyl (C=O) groups excluding carboxylic acids is 1. The van der Waals surface area contributed by atoms with E-state index < -0.39 is 38.2 Å². The van der Waals surface area contributed by atoms with Crippen molar-refractivity contribution in [2.45, 2.75) is 9.99 Å². The number of carboxylic acids is 1. The standard InChI is InChI=1S/C14H9ClO7S/c15-8-1-3-9(4-2-8)23(20,21)13-6-5-12(22-13)10(16)7-11(17)14(18)19/h1-7,17H,(H,18,19). The van der Waals surface area contributed by atoms with Crippen molar-refractivity contribution in [1.82, 2.24) is 0 Å². The smallest absolute Gasteiger partial charge is 0.371 e. The van der Waals surface area contributed by atoms with Crippen LogP contribution in [0.1, 0.15) is 10.6 Å². The Balaban J connectivity index is 2.35. The summed E-state index contributed by atoms with van der Waals surface area (Å²) in [5.41, 5.74) is 0. The molecule has 9 heteroatoms. The first-order valence-corrected chi connectivity index (χ1v) is 7.86. The normalized spacial score (nSPS) is 12.1. The molecule has 7 nitrogen and oxygen atoms in total. The Morgan fingerprint density at radius 2 is 1.65 bits per heavy atom. The average Bonchev–Trinajstić information content (AvgIpc) is 2.98. The van der Waals surface area contributed by atoms with Crippen molar-refractivity contribution in [1.29, 1.82) is 0 Å². The molecule has 0 aliphatic rings. The number of aliphatic hydroxyl groups excluding tert-OH is 1. The number of carbonyl (C=O) groups is 2. The molecular formula is C14H9ClO7S. The summed E-state index contributed by atoms with van der Waals surface area (Å²) >= 11 is 5.69. The molecule has 1 heterocycles. The molecule has 0 amide bonds. The van der Waals surface area contributed by atoms with Crippen molar-refractivity contribution >= 4 is 33.2 Å². The minimum Gasteiger partial charge on any atom is -0.502 e. The molecule has 0 saturated carbocycles. The van der Waals surface area contributed by atoms with Crippen LogP contribution in [-0.2, 0) is 14.6 Å². The fourth-order valence-electron chi connectivity index (χ4n) is 1.58. The van der Waals surface area contributed by atoms with Gasteiger partial charge in [-0.15, -0.1) is 0 Å². The van der Waals surface area contributed by atoms with Crippen molar-refractivity contribution in [3.05, 3.63) is 59.0 Å². The van der Waals surface area contributed by atoms with E-state index in [-0.39, 0.29) is 4.90 Å². The topological polar surface area (TPSA) is 122 Å². The summed E-state index contributed by atoms with van der Waals surface area (Å²) in [6.07, 6.45) is 0.417. The second-order valence-corrected chi connectivity index (χ2v) is 6.59. The van der Waals surface area contributed by atoms with Crippen molar-refractivity contribution in [2.24, 2.45) is 0 Å². The quantitative estimate of drug-likeness (QED) is 0.479. The SMILES string of the molecule is O=C(O)C(O)=CC(=O)c1ccc(S(=O)(=O)c2ccc(Cl)cc2)o1. The molecule has 0 spiro atoms. The summed E-state index contributed by atoms with van der Waals surface area (Å²) in [5.74, 6) is -4.29. The minimum atomic E-state index is -3.99. The molecule has 1 aromatic carbocycles. The second kappa shape index (κ2) is 6.27. The molecule has 2 N–H and O–H groups in total. The van der Waals surface area contributed by atoms with Gasteiger partial charge in [0.1, 0.15) is 0 Å². The number of hydrogen-bond donors (Lipinski definition) is 2. The van der Waals surface area contributed by atoms with Crippen molar-refractivity contribution in [3.8, 4) is 0 Å². The maximum atomic E-state index is 12.3. The Hall–Kier alpha value is -2.58. The van der Waals surface area contributed by atoms with E-state index in [9.17, 15) is 18.0 Å². The molecule has 0 radical (unpaired) electrons. The Bertz CT molecular complexity index is 891. The fourth-order valence-corrected chi connectivity index (χ4v) is 2.88. The number of sulfone groups is 1. The van der Waals surface area contributed by atoms with Gasteiger partial charge in [-0.05, 0) is 36.4 Å². The van der Waals surface area contributed by atoms with Gasteiger partial charge < -0.3 is 14.6 Å². The molecule has 0 aliphatic carbocycles. The van der Waals surface area contributed by atoms with Gasteiger partial charge in [-0.25, -0.2) is 13.2 Å². The number of allylic oxidation sites excluding steroid dienone is 1. The van der Waals surface area contributed by atoms with Crippen LogP contribution in [0.3, 0.4) is 0 Å². The summed E-state index contributed by atoms with van der Waals surface area (Å²) < 4.78 is 29.6. The van der Waals surface area contributed by atoms with E-state index in [2.05, 4.69) is 0 Å². The first kappa shape index (κ1) is 16.8. The van der Waals surface area contributed by atoms with Gasteiger partial charge in [0.25, 0.3) is 0 Å². The highest BCUT2D eigenvalue weighted by Crippen LogP contribution is 2.24. The molecule has 23 heavy (non-hydrogen) atoms. The number of furan rings is 1. The number of rotatable bonds is 5. The number of halogens is 1. The lowest BCUT2D eigenvalue weighted by Gasteiger charge is -2.01. The van der Waals surface area contributed by atoms with Gasteiger partial charge in [-0.3, -0.25) is 4.79 Å². The summed E-state index contributed by atoms with van der Waals surface area (Å²) in [6.45, 7) is 0. The lowest BCUT2D eigenvalue weighted by molar-refractivity contribution is -0.135. The van der Waals surface area contributed by atoms with Gasteiger partial charge in [0.2, 0.25) is 26.5 Å². The highest BCUT2D eigenvalue weighted by Gasteiger charge is 2.23. The zero-order chi connectivity index (χ0) is 17.2. The first-order valence-electron chi connectivity index (χ1n) is 6.00. The van der Waals surface area contributed by atoms with Gasteiger partial charge >= 0.3 is 5.97 Å². The van der Waals surface area contributed by atoms with Gasteiger partial charge in [0, 0.05) is 11.1 Å². The van der Waals surface area contributed by atoms with Crippen LogP contribution in [0.25, 0.3) is 0 Å². The van der Waals surface area contributed by atoms with Crippen LogP contribution in [0.5, 0.6) is 0 Å². The third kappa shape index (κ3) is 3.61. The van der Waals surface area contributed by atoms with E-state index >= 15 is 0 Å². The molecule has 0 fully saturated rings. The Morgan fingerprint density at radius 1 is 1.04 bits per heavy atom. The van der Waals surface area contributed by atoms with Crippen LogP contribution >= 0.6 is 11.6 Å². The molecule has 0 aliphatic heterocycles. The zero-order valence-corrected chi connectivity index (χ0v) is 12.8. The van der Waals surface area contributed by atoms with E-state index in [1.165, 1.54) is 24.3 Å². The average molecular weight is 357 g/mol. The molecule has 2 aromatic rings. The first-order chi connectivity index (χ1) is 10.7. The van der Waals surface area contributed by atoms with Crippen molar-refractivity contribution in [2.75, 3.05) is 0 Å². The summed E-state index contributed by atoms with van der Waals surface area (Å²) in [4.78, 5) is 22.0. The zero-order valence-electron chi connectivity index (χ0n) is 11.3. The third-order valence-electron chi connectivity index (χ3n) is 2.70. The van der Waals surface area contributed by atoms with Gasteiger partial charge in [-0.1, -0.05) is 11.6 Å². The fraction of sp³-hybridized carbons (Fsp3) is 0. The molecule has 0 bridgehead atoms. The number of aliphatic hydroxyl groups is 1. The predicted octanol–water partition coefficient (Wildman–Crippen LogP) is 2.48. The maximum absolute atomic E-state index is 12.3. The Kier molecular flexibility index (Phi) is 4.57. The number of carboxylic acid groups (broad SMARTS) is 1. The third-order valence-corrected chi connectivity index (χ3v) is 4.59. The van der Waals surface area contributed by atoms with E-state index in [0.29, 0.717) is 11.1 Å². The number of hydrogen-bond acceptors (Lipinski definition) is 6. The molecule has 0 unspecified atom stereocenters.